The molecule has 1 aliphatic rings. The molecule has 0 bridgehead atoms. The zero-order valence-electron chi connectivity index (χ0n) is 10.3. The topological polar surface area (TPSA) is 32.3 Å². The van der Waals surface area contributed by atoms with Gasteiger partial charge in [-0.3, -0.25) is 4.79 Å². The summed E-state index contributed by atoms with van der Waals surface area (Å²) in [6.07, 6.45) is 2.68. The average molecular weight is 252 g/mol. The van der Waals surface area contributed by atoms with Crippen LogP contribution in [0.25, 0.3) is 0 Å². The van der Waals surface area contributed by atoms with Gasteiger partial charge in [-0.25, -0.2) is 0 Å². The minimum Gasteiger partial charge on any atom is -0.337 e. The van der Waals surface area contributed by atoms with Gasteiger partial charge in [-0.15, -0.1) is 11.3 Å². The normalized spacial score (nSPS) is 20.5. The third kappa shape index (κ3) is 3.54. The highest BCUT2D eigenvalue weighted by molar-refractivity contribution is 7.09. The van der Waals surface area contributed by atoms with E-state index in [2.05, 4.69) is 29.8 Å². The lowest BCUT2D eigenvalue weighted by Crippen LogP contribution is -2.52. The molecule has 1 aliphatic heterocycles. The molecular formula is C13H20N2OS. The SMILES string of the molecule is C[C@@H]1CNCCN1C(=O)CCCc1cccs1. The van der Waals surface area contributed by atoms with Crippen LogP contribution in [0.15, 0.2) is 17.5 Å². The predicted octanol–water partition coefficient (Wildman–Crippen LogP) is 1.89. The molecule has 0 unspecified atom stereocenters. The monoisotopic (exact) mass is 252 g/mol. The van der Waals surface area contributed by atoms with Crippen LogP contribution in [0.4, 0.5) is 0 Å². The van der Waals surface area contributed by atoms with Crippen molar-refractivity contribution in [3.8, 4) is 0 Å². The second kappa shape index (κ2) is 6.17. The number of hydrogen-bond donors (Lipinski definition) is 1. The first-order valence-electron chi connectivity index (χ1n) is 6.30. The standard InChI is InChI=1S/C13H20N2OS/c1-11-10-14-7-8-15(11)13(16)6-2-4-12-5-3-9-17-12/h3,5,9,11,14H,2,4,6-8,10H2,1H3/t11-/m1/s1. The van der Waals surface area contributed by atoms with Crippen molar-refractivity contribution in [2.75, 3.05) is 19.6 Å². The van der Waals surface area contributed by atoms with Crippen molar-refractivity contribution in [3.63, 3.8) is 0 Å². The number of nitrogens with one attached hydrogen (secondary N) is 1. The first-order chi connectivity index (χ1) is 8.27. The van der Waals surface area contributed by atoms with E-state index in [1.54, 1.807) is 11.3 Å². The first-order valence-corrected chi connectivity index (χ1v) is 7.18. The van der Waals surface area contributed by atoms with Gasteiger partial charge in [0.2, 0.25) is 5.91 Å². The lowest BCUT2D eigenvalue weighted by molar-refractivity contribution is -0.134. The Morgan fingerprint density at radius 2 is 2.53 bits per heavy atom. The smallest absolute Gasteiger partial charge is 0.222 e. The summed E-state index contributed by atoms with van der Waals surface area (Å²) in [7, 11) is 0. The third-order valence-corrected chi connectivity index (χ3v) is 4.15. The maximum Gasteiger partial charge on any atom is 0.222 e. The molecule has 0 spiro atoms. The van der Waals surface area contributed by atoms with Gasteiger partial charge >= 0.3 is 0 Å². The fourth-order valence-electron chi connectivity index (χ4n) is 2.22. The minimum atomic E-state index is 0.315. The number of rotatable bonds is 4. The largest absolute Gasteiger partial charge is 0.337 e. The van der Waals surface area contributed by atoms with E-state index in [9.17, 15) is 4.79 Å². The molecule has 3 nitrogen and oxygen atoms in total. The lowest BCUT2D eigenvalue weighted by atomic mass is 10.1. The number of piperazine rings is 1. The fraction of sp³-hybridized carbons (Fsp3) is 0.615. The number of hydrogen-bond acceptors (Lipinski definition) is 3. The van der Waals surface area contributed by atoms with Gasteiger partial charge in [0.1, 0.15) is 0 Å². The van der Waals surface area contributed by atoms with Crippen molar-refractivity contribution >= 4 is 17.2 Å². The van der Waals surface area contributed by atoms with E-state index in [4.69, 9.17) is 0 Å². The molecular weight excluding hydrogens is 232 g/mol. The molecule has 2 heterocycles. The molecule has 1 fully saturated rings. The van der Waals surface area contributed by atoms with Gasteiger partial charge in [0.15, 0.2) is 0 Å². The molecule has 2 rings (SSSR count). The van der Waals surface area contributed by atoms with Crippen LogP contribution in [0.3, 0.4) is 0 Å². The van der Waals surface area contributed by atoms with E-state index < -0.39 is 0 Å². The van der Waals surface area contributed by atoms with Crippen LogP contribution in [0.2, 0.25) is 0 Å². The summed E-state index contributed by atoms with van der Waals surface area (Å²) >= 11 is 1.78. The summed E-state index contributed by atoms with van der Waals surface area (Å²) in [6.45, 7) is 4.83. The van der Waals surface area contributed by atoms with Crippen molar-refractivity contribution in [3.05, 3.63) is 22.4 Å². The van der Waals surface area contributed by atoms with Crippen LogP contribution in [0.5, 0.6) is 0 Å². The summed E-state index contributed by atoms with van der Waals surface area (Å²) in [4.78, 5) is 15.4. The Balaban J connectivity index is 1.73. The molecule has 94 valence electrons. The van der Waals surface area contributed by atoms with E-state index in [1.165, 1.54) is 4.88 Å². The Bertz CT molecular complexity index is 350. The number of amides is 1. The maximum absolute atomic E-state index is 12.0. The van der Waals surface area contributed by atoms with Crippen LogP contribution >= 0.6 is 11.3 Å². The number of carbonyl (C=O) groups is 1. The minimum absolute atomic E-state index is 0.315. The summed E-state index contributed by atoms with van der Waals surface area (Å²) in [5, 5.41) is 5.40. The maximum atomic E-state index is 12.0. The molecule has 1 N–H and O–H groups in total. The van der Waals surface area contributed by atoms with Crippen LogP contribution in [-0.4, -0.2) is 36.5 Å². The van der Waals surface area contributed by atoms with Crippen molar-refractivity contribution in [2.45, 2.75) is 32.2 Å². The van der Waals surface area contributed by atoms with Gasteiger partial charge in [0, 0.05) is 37.0 Å². The van der Waals surface area contributed by atoms with Crippen molar-refractivity contribution in [2.24, 2.45) is 0 Å². The van der Waals surface area contributed by atoms with Crippen molar-refractivity contribution in [1.82, 2.24) is 10.2 Å². The quantitative estimate of drug-likeness (QED) is 0.887. The number of thiophene rings is 1. The van der Waals surface area contributed by atoms with Gasteiger partial charge in [-0.05, 0) is 31.2 Å². The summed E-state index contributed by atoms with van der Waals surface area (Å²) < 4.78 is 0. The molecule has 1 aromatic rings. The first kappa shape index (κ1) is 12.6. The number of aryl methyl sites for hydroxylation is 1. The van der Waals surface area contributed by atoms with Gasteiger partial charge in [0.25, 0.3) is 0 Å². The predicted molar refractivity (Wildman–Crippen MR) is 71.3 cm³/mol. The van der Waals surface area contributed by atoms with Crippen molar-refractivity contribution in [1.29, 1.82) is 0 Å². The molecule has 1 atom stereocenters. The number of carbonyl (C=O) groups excluding carboxylic acids is 1. The summed E-state index contributed by atoms with van der Waals surface area (Å²) in [5.74, 6) is 0.315. The lowest BCUT2D eigenvalue weighted by Gasteiger charge is -2.34. The molecule has 1 aromatic heterocycles. The molecule has 0 aliphatic carbocycles. The number of nitrogens with zero attached hydrogens (tertiary/aromatic N) is 1. The van der Waals surface area contributed by atoms with E-state index in [1.807, 2.05) is 4.90 Å². The summed E-state index contributed by atoms with van der Waals surface area (Å²) in [6, 6.07) is 4.56. The molecule has 4 heteroatoms. The van der Waals surface area contributed by atoms with Crippen LogP contribution in [0, 0.1) is 0 Å². The molecule has 0 radical (unpaired) electrons. The van der Waals surface area contributed by atoms with E-state index in [0.717, 1.165) is 32.5 Å². The van der Waals surface area contributed by atoms with E-state index >= 15 is 0 Å². The average Bonchev–Trinajstić information content (AvgIpc) is 2.82. The van der Waals surface area contributed by atoms with Gasteiger partial charge in [0.05, 0.1) is 0 Å². The Morgan fingerprint density at radius 3 is 3.24 bits per heavy atom. The molecule has 0 aromatic carbocycles. The Hall–Kier alpha value is -0.870. The Kier molecular flexibility index (Phi) is 4.57. The molecule has 17 heavy (non-hydrogen) atoms. The second-order valence-corrected chi connectivity index (χ2v) is 5.61. The molecule has 1 amide bonds. The zero-order chi connectivity index (χ0) is 12.1. The molecule has 1 saturated heterocycles. The highest BCUT2D eigenvalue weighted by Crippen LogP contribution is 2.13. The summed E-state index contributed by atoms with van der Waals surface area (Å²) in [5.41, 5.74) is 0. The zero-order valence-corrected chi connectivity index (χ0v) is 11.1. The van der Waals surface area contributed by atoms with Gasteiger partial charge in [-0.2, -0.15) is 0 Å². The third-order valence-electron chi connectivity index (χ3n) is 3.22. The van der Waals surface area contributed by atoms with E-state index in [0.29, 0.717) is 18.4 Å². The van der Waals surface area contributed by atoms with Crippen LogP contribution in [0.1, 0.15) is 24.6 Å². The molecule has 0 saturated carbocycles. The van der Waals surface area contributed by atoms with Crippen molar-refractivity contribution < 1.29 is 4.79 Å². The Morgan fingerprint density at radius 1 is 1.65 bits per heavy atom. The second-order valence-electron chi connectivity index (χ2n) is 4.57. The fourth-order valence-corrected chi connectivity index (χ4v) is 2.98. The van der Waals surface area contributed by atoms with Gasteiger partial charge in [-0.1, -0.05) is 6.07 Å². The van der Waals surface area contributed by atoms with Gasteiger partial charge < -0.3 is 10.2 Å². The Labute approximate surface area is 107 Å². The highest BCUT2D eigenvalue weighted by atomic mass is 32.1. The van der Waals surface area contributed by atoms with E-state index in [-0.39, 0.29) is 0 Å². The highest BCUT2D eigenvalue weighted by Gasteiger charge is 2.22. The van der Waals surface area contributed by atoms with Crippen LogP contribution in [-0.2, 0) is 11.2 Å². The van der Waals surface area contributed by atoms with Crippen LogP contribution < -0.4 is 5.32 Å².